The van der Waals surface area contributed by atoms with E-state index in [-0.39, 0.29) is 5.95 Å². The van der Waals surface area contributed by atoms with E-state index in [0.717, 1.165) is 12.3 Å². The third kappa shape index (κ3) is 6.77. The summed E-state index contributed by atoms with van der Waals surface area (Å²) in [5.74, 6) is 0.627. The highest BCUT2D eigenvalue weighted by molar-refractivity contribution is 5.77. The monoisotopic (exact) mass is 304 g/mol. The number of halogens is 3. The lowest BCUT2D eigenvalue weighted by Crippen LogP contribution is -2.35. The van der Waals surface area contributed by atoms with Crippen LogP contribution in [-0.4, -0.2) is 35.6 Å². The minimum Gasteiger partial charge on any atom is -0.370 e. The number of hydrogen-bond acceptors (Lipinski definition) is 4. The lowest BCUT2D eigenvalue weighted by atomic mass is 10.2. The summed E-state index contributed by atoms with van der Waals surface area (Å²) < 4.78 is 37.3. The van der Waals surface area contributed by atoms with Gasteiger partial charge in [0.15, 0.2) is 5.96 Å². The number of rotatable bonds is 6. The molecule has 6 nitrogen and oxygen atoms in total. The first-order valence-corrected chi connectivity index (χ1v) is 6.47. The van der Waals surface area contributed by atoms with Gasteiger partial charge in [-0.05, 0) is 12.0 Å². The van der Waals surface area contributed by atoms with Crippen LogP contribution in [0.5, 0.6) is 0 Å². The molecule has 4 N–H and O–H groups in total. The number of alkyl halides is 3. The van der Waals surface area contributed by atoms with Crippen molar-refractivity contribution in [3.63, 3.8) is 0 Å². The lowest BCUT2D eigenvalue weighted by molar-refractivity contribution is -0.141. The molecule has 0 aliphatic heterocycles. The summed E-state index contributed by atoms with van der Waals surface area (Å²) in [5.41, 5.74) is 4.63. The molecule has 0 aliphatic carbocycles. The summed E-state index contributed by atoms with van der Waals surface area (Å²) in [6.07, 6.45) is -3.42. The Hall–Kier alpha value is -2.06. The van der Waals surface area contributed by atoms with Crippen LogP contribution in [0.15, 0.2) is 17.3 Å². The predicted octanol–water partition coefficient (Wildman–Crippen LogP) is 1.47. The average Bonchev–Trinajstić information content (AvgIpc) is 2.41. The molecule has 0 saturated heterocycles. The van der Waals surface area contributed by atoms with E-state index in [1.807, 2.05) is 13.8 Å². The summed E-state index contributed by atoms with van der Waals surface area (Å²) in [6, 6.07) is 0.819. The highest BCUT2D eigenvalue weighted by atomic mass is 19.4. The standard InChI is InChI=1S/C12H19F3N6/c1-8(2)7-20-10(16)17-5-6-19-11-18-4-3-9(21-11)12(13,14)15/h3-4,8H,5-7H2,1-2H3,(H3,16,17,20)(H,18,19,21). The zero-order valence-electron chi connectivity index (χ0n) is 11.9. The van der Waals surface area contributed by atoms with Crippen molar-refractivity contribution in [3.8, 4) is 0 Å². The molecule has 0 atom stereocenters. The molecule has 0 fully saturated rings. The molecule has 0 radical (unpaired) electrons. The van der Waals surface area contributed by atoms with E-state index in [9.17, 15) is 13.2 Å². The van der Waals surface area contributed by atoms with Gasteiger partial charge in [0.2, 0.25) is 5.95 Å². The summed E-state index contributed by atoms with van der Waals surface area (Å²) in [4.78, 5) is 11.2. The van der Waals surface area contributed by atoms with Gasteiger partial charge < -0.3 is 16.4 Å². The van der Waals surface area contributed by atoms with Gasteiger partial charge in [-0.2, -0.15) is 13.2 Å². The highest BCUT2D eigenvalue weighted by Gasteiger charge is 2.32. The Morgan fingerprint density at radius 3 is 2.71 bits per heavy atom. The number of anilines is 1. The van der Waals surface area contributed by atoms with Gasteiger partial charge in [0.1, 0.15) is 5.69 Å². The van der Waals surface area contributed by atoms with Crippen LogP contribution in [0.1, 0.15) is 19.5 Å². The molecule has 1 rings (SSSR count). The Bertz CT molecular complexity index is 472. The number of nitrogens with two attached hydrogens (primary N) is 1. The van der Waals surface area contributed by atoms with Crippen molar-refractivity contribution in [2.24, 2.45) is 16.6 Å². The molecule has 0 bridgehead atoms. The van der Waals surface area contributed by atoms with Crippen molar-refractivity contribution in [2.45, 2.75) is 20.0 Å². The number of nitrogens with one attached hydrogen (secondary N) is 2. The van der Waals surface area contributed by atoms with Crippen molar-refractivity contribution in [1.29, 1.82) is 0 Å². The van der Waals surface area contributed by atoms with Crippen molar-refractivity contribution in [1.82, 2.24) is 15.3 Å². The molecule has 0 amide bonds. The third-order valence-electron chi connectivity index (χ3n) is 2.29. The van der Waals surface area contributed by atoms with Gasteiger partial charge in [0.05, 0.1) is 0 Å². The van der Waals surface area contributed by atoms with Crippen LogP contribution in [0, 0.1) is 5.92 Å². The molecule has 21 heavy (non-hydrogen) atoms. The predicted molar refractivity (Wildman–Crippen MR) is 74.9 cm³/mol. The second kappa shape index (κ2) is 7.65. The molecule has 118 valence electrons. The zero-order chi connectivity index (χ0) is 15.9. The summed E-state index contributed by atoms with van der Waals surface area (Å²) >= 11 is 0. The van der Waals surface area contributed by atoms with Gasteiger partial charge >= 0.3 is 6.18 Å². The topological polar surface area (TPSA) is 88.2 Å². The maximum absolute atomic E-state index is 12.4. The first-order chi connectivity index (χ1) is 9.79. The molecular weight excluding hydrogens is 285 g/mol. The number of hydrogen-bond donors (Lipinski definition) is 3. The molecule has 0 aliphatic rings. The lowest BCUT2D eigenvalue weighted by Gasteiger charge is -2.09. The van der Waals surface area contributed by atoms with Crippen LogP contribution in [-0.2, 0) is 6.18 Å². The Labute approximate surface area is 121 Å². The molecule has 0 saturated carbocycles. The SMILES string of the molecule is CC(C)CN=C(N)NCCNc1nccc(C(F)(F)F)n1. The van der Waals surface area contributed by atoms with Crippen LogP contribution in [0.4, 0.5) is 19.1 Å². The Morgan fingerprint density at radius 1 is 1.38 bits per heavy atom. The van der Waals surface area contributed by atoms with Crippen molar-refractivity contribution in [3.05, 3.63) is 18.0 Å². The van der Waals surface area contributed by atoms with Gasteiger partial charge in [-0.15, -0.1) is 0 Å². The van der Waals surface area contributed by atoms with Crippen molar-refractivity contribution < 1.29 is 13.2 Å². The molecule has 1 aromatic heterocycles. The molecule has 0 spiro atoms. The summed E-state index contributed by atoms with van der Waals surface area (Å²) in [6.45, 7) is 5.36. The fourth-order valence-corrected chi connectivity index (χ4v) is 1.30. The first kappa shape index (κ1) is 17.0. The largest absolute Gasteiger partial charge is 0.433 e. The number of aromatic nitrogens is 2. The number of aliphatic imine (C=N–C) groups is 1. The number of nitrogens with zero attached hydrogens (tertiary/aromatic N) is 3. The Morgan fingerprint density at radius 2 is 2.10 bits per heavy atom. The van der Waals surface area contributed by atoms with Crippen LogP contribution in [0.25, 0.3) is 0 Å². The minimum absolute atomic E-state index is 0.0793. The van der Waals surface area contributed by atoms with Crippen molar-refractivity contribution >= 4 is 11.9 Å². The molecule has 0 aromatic carbocycles. The molecule has 1 aromatic rings. The van der Waals surface area contributed by atoms with Crippen molar-refractivity contribution in [2.75, 3.05) is 25.0 Å². The van der Waals surface area contributed by atoms with Gasteiger partial charge in [-0.1, -0.05) is 13.8 Å². The second-order valence-corrected chi connectivity index (χ2v) is 4.74. The second-order valence-electron chi connectivity index (χ2n) is 4.74. The molecular formula is C12H19F3N6. The van der Waals surface area contributed by atoms with E-state index >= 15 is 0 Å². The van der Waals surface area contributed by atoms with Gasteiger partial charge in [-0.3, -0.25) is 4.99 Å². The van der Waals surface area contributed by atoms with E-state index < -0.39 is 11.9 Å². The van der Waals surface area contributed by atoms with Gasteiger partial charge in [0, 0.05) is 25.8 Å². The fraction of sp³-hybridized carbons (Fsp3) is 0.583. The quantitative estimate of drug-likeness (QED) is 0.421. The van der Waals surface area contributed by atoms with E-state index in [1.54, 1.807) is 0 Å². The first-order valence-electron chi connectivity index (χ1n) is 6.47. The Kier molecular flexibility index (Phi) is 6.19. The van der Waals surface area contributed by atoms with Crippen LogP contribution in [0.3, 0.4) is 0 Å². The van der Waals surface area contributed by atoms with Crippen LogP contribution in [0.2, 0.25) is 0 Å². The van der Waals surface area contributed by atoms with Gasteiger partial charge in [-0.25, -0.2) is 9.97 Å². The zero-order valence-corrected chi connectivity index (χ0v) is 11.9. The minimum atomic E-state index is -4.48. The summed E-state index contributed by atoms with van der Waals surface area (Å²) in [5, 5.41) is 5.52. The molecule has 9 heteroatoms. The normalized spacial score (nSPS) is 12.6. The number of guanidine groups is 1. The fourth-order valence-electron chi connectivity index (χ4n) is 1.30. The maximum Gasteiger partial charge on any atom is 0.433 e. The Balaban J connectivity index is 2.38. The molecule has 1 heterocycles. The van der Waals surface area contributed by atoms with Crippen LogP contribution >= 0.6 is 0 Å². The maximum atomic E-state index is 12.4. The molecule has 0 unspecified atom stereocenters. The summed E-state index contributed by atoms with van der Waals surface area (Å²) in [7, 11) is 0. The van der Waals surface area contributed by atoms with Gasteiger partial charge in [0.25, 0.3) is 0 Å². The smallest absolute Gasteiger partial charge is 0.370 e. The highest BCUT2D eigenvalue weighted by Crippen LogP contribution is 2.27. The third-order valence-corrected chi connectivity index (χ3v) is 2.29. The van der Waals surface area contributed by atoms with E-state index in [4.69, 9.17) is 5.73 Å². The van der Waals surface area contributed by atoms with E-state index in [2.05, 4.69) is 25.6 Å². The van der Waals surface area contributed by atoms with Crippen LogP contribution < -0.4 is 16.4 Å². The average molecular weight is 304 g/mol. The van der Waals surface area contributed by atoms with E-state index in [0.29, 0.717) is 31.5 Å². The van der Waals surface area contributed by atoms with E-state index in [1.165, 1.54) is 0 Å².